The van der Waals surface area contributed by atoms with Gasteiger partial charge >= 0.3 is 0 Å². The van der Waals surface area contributed by atoms with Crippen LogP contribution in [0, 0.1) is 0 Å². The van der Waals surface area contributed by atoms with Crippen LogP contribution in [0.25, 0.3) is 114 Å². The second kappa shape index (κ2) is 13.5. The molecule has 0 aliphatic rings. The molecule has 0 saturated carbocycles. The largest absolute Gasteiger partial charge is 0.310 e. The average molecular weight is 811 g/mol. The Hall–Kier alpha value is -8.46. The highest BCUT2D eigenvalue weighted by Crippen LogP contribution is 2.47. The van der Waals surface area contributed by atoms with Gasteiger partial charge in [-0.3, -0.25) is 0 Å². The molecule has 0 amide bonds. The molecular formula is C62H38N2. The molecule has 0 saturated heterocycles. The molecule has 0 radical (unpaired) electrons. The van der Waals surface area contributed by atoms with Crippen molar-refractivity contribution in [3.63, 3.8) is 0 Å². The first kappa shape index (κ1) is 35.2. The van der Waals surface area contributed by atoms with Crippen LogP contribution in [-0.4, -0.2) is 4.57 Å². The monoisotopic (exact) mass is 810 g/mol. The van der Waals surface area contributed by atoms with Crippen molar-refractivity contribution in [3.8, 4) is 16.8 Å². The van der Waals surface area contributed by atoms with Gasteiger partial charge in [-0.05, 0) is 147 Å². The van der Waals surface area contributed by atoms with E-state index >= 15 is 0 Å². The number of hydrogen-bond donors (Lipinski definition) is 0. The number of fused-ring (bicyclic) bond motifs is 6. The van der Waals surface area contributed by atoms with E-state index in [1.807, 2.05) is 0 Å². The third-order valence-corrected chi connectivity index (χ3v) is 13.8. The lowest BCUT2D eigenvalue weighted by Crippen LogP contribution is -2.10. The molecule has 2 heteroatoms. The molecule has 296 valence electrons. The van der Waals surface area contributed by atoms with Crippen LogP contribution in [0.3, 0.4) is 0 Å². The highest BCUT2D eigenvalue weighted by atomic mass is 15.1. The molecule has 0 atom stereocenters. The van der Waals surface area contributed by atoms with E-state index in [1.165, 1.54) is 108 Å². The molecule has 13 aromatic carbocycles. The fourth-order valence-electron chi connectivity index (χ4n) is 11.0. The van der Waals surface area contributed by atoms with Gasteiger partial charge in [0.05, 0.1) is 11.0 Å². The van der Waals surface area contributed by atoms with Crippen molar-refractivity contribution in [2.24, 2.45) is 0 Å². The van der Waals surface area contributed by atoms with Crippen molar-refractivity contribution >= 4 is 114 Å². The summed E-state index contributed by atoms with van der Waals surface area (Å²) in [6.45, 7) is 0. The van der Waals surface area contributed by atoms with E-state index in [-0.39, 0.29) is 0 Å². The SMILES string of the molecule is c1ccc(-n2c3ccccc3c3ccc(-c4ccc(N(c5ccc6ccccc6c5)c5cc6ccc7cccc8c9cccc%10ccc%11cccc(c(c5)c6c78)c%11c%109)cc4)cc32)cc1. The first-order chi connectivity index (χ1) is 31.7. The summed E-state index contributed by atoms with van der Waals surface area (Å²) >= 11 is 0. The second-order valence-corrected chi connectivity index (χ2v) is 17.3. The highest BCUT2D eigenvalue weighted by Gasteiger charge is 2.20. The van der Waals surface area contributed by atoms with Gasteiger partial charge in [0.1, 0.15) is 0 Å². The van der Waals surface area contributed by atoms with E-state index in [0.29, 0.717) is 0 Å². The maximum absolute atomic E-state index is 2.46. The highest BCUT2D eigenvalue weighted by molar-refractivity contribution is 6.37. The maximum atomic E-state index is 2.46. The Kier molecular flexibility index (Phi) is 7.43. The van der Waals surface area contributed by atoms with Crippen LogP contribution in [0.4, 0.5) is 17.1 Å². The number of benzene rings is 12. The van der Waals surface area contributed by atoms with Crippen LogP contribution in [0.1, 0.15) is 0 Å². The Balaban J connectivity index is 1.01. The minimum atomic E-state index is 1.10. The Bertz CT molecular complexity index is 4170. The summed E-state index contributed by atoms with van der Waals surface area (Å²) in [5.41, 5.74) is 9.27. The Morgan fingerprint density at radius 1 is 0.250 bits per heavy atom. The van der Waals surface area contributed by atoms with Crippen LogP contribution in [0.15, 0.2) is 231 Å². The molecule has 0 bridgehead atoms. The minimum Gasteiger partial charge on any atom is -0.310 e. The van der Waals surface area contributed by atoms with Crippen LogP contribution in [0.5, 0.6) is 0 Å². The molecule has 0 unspecified atom stereocenters. The van der Waals surface area contributed by atoms with Crippen molar-refractivity contribution < 1.29 is 0 Å². The van der Waals surface area contributed by atoms with E-state index in [1.54, 1.807) is 0 Å². The summed E-state index contributed by atoms with van der Waals surface area (Å²) in [5.74, 6) is 0. The predicted molar refractivity (Wildman–Crippen MR) is 275 cm³/mol. The zero-order chi connectivity index (χ0) is 41.9. The maximum Gasteiger partial charge on any atom is 0.0547 e. The fraction of sp³-hybridized carbons (Fsp3) is 0. The predicted octanol–water partition coefficient (Wildman–Crippen LogP) is 17.4. The lowest BCUT2D eigenvalue weighted by Gasteiger charge is -2.27. The topological polar surface area (TPSA) is 8.17 Å². The van der Waals surface area contributed by atoms with Gasteiger partial charge in [0.15, 0.2) is 0 Å². The van der Waals surface area contributed by atoms with Gasteiger partial charge < -0.3 is 9.47 Å². The van der Waals surface area contributed by atoms with Crippen molar-refractivity contribution in [2.45, 2.75) is 0 Å². The summed E-state index contributed by atoms with van der Waals surface area (Å²) in [7, 11) is 0. The quantitative estimate of drug-likeness (QED) is 0.157. The Morgan fingerprint density at radius 2 is 0.750 bits per heavy atom. The number of para-hydroxylation sites is 2. The van der Waals surface area contributed by atoms with Gasteiger partial charge in [-0.15, -0.1) is 0 Å². The molecule has 0 aliphatic heterocycles. The van der Waals surface area contributed by atoms with Gasteiger partial charge in [0, 0.05) is 33.5 Å². The zero-order valence-corrected chi connectivity index (χ0v) is 34.8. The summed E-state index contributed by atoms with van der Waals surface area (Å²) < 4.78 is 2.39. The number of rotatable bonds is 5. The second-order valence-electron chi connectivity index (χ2n) is 17.3. The van der Waals surface area contributed by atoms with E-state index < -0.39 is 0 Å². The molecule has 0 aliphatic carbocycles. The zero-order valence-electron chi connectivity index (χ0n) is 34.8. The number of nitrogens with zero attached hydrogens (tertiary/aromatic N) is 2. The van der Waals surface area contributed by atoms with E-state index in [4.69, 9.17) is 0 Å². The molecule has 14 rings (SSSR count). The third kappa shape index (κ3) is 5.14. The Labute approximate surface area is 369 Å². The molecule has 1 aromatic heterocycles. The summed E-state index contributed by atoms with van der Waals surface area (Å²) in [5, 5.41) is 20.3. The molecular weight excluding hydrogens is 773 g/mol. The standard InChI is InChI=1S/C62H38N2/c1-2-16-47(17-3-1)64-57-22-7-6-18-51(57)52-34-30-45(37-58(52)64)40-27-31-48(32-28-40)63(49-33-29-39-11-4-5-12-44(39)35-49)50-36-46-26-25-43-14-9-20-54-53-19-8-13-41-23-24-42-15-10-21-55(61(42)59(41)53)56(38-50)62(46)60(43)54/h1-38H. The molecule has 0 fully saturated rings. The normalized spacial score (nSPS) is 12.1. The third-order valence-electron chi connectivity index (χ3n) is 13.8. The number of hydrogen-bond acceptors (Lipinski definition) is 1. The summed E-state index contributed by atoms with van der Waals surface area (Å²) in [4.78, 5) is 2.45. The van der Waals surface area contributed by atoms with Crippen LogP contribution in [0.2, 0.25) is 0 Å². The molecule has 2 nitrogen and oxygen atoms in total. The summed E-state index contributed by atoms with van der Waals surface area (Å²) in [6.07, 6.45) is 0. The van der Waals surface area contributed by atoms with Gasteiger partial charge in [0.25, 0.3) is 0 Å². The van der Waals surface area contributed by atoms with Crippen molar-refractivity contribution in [3.05, 3.63) is 231 Å². The van der Waals surface area contributed by atoms with Crippen LogP contribution >= 0.6 is 0 Å². The molecule has 1 heterocycles. The fourth-order valence-corrected chi connectivity index (χ4v) is 11.0. The van der Waals surface area contributed by atoms with Crippen molar-refractivity contribution in [1.29, 1.82) is 0 Å². The minimum absolute atomic E-state index is 1.10. The van der Waals surface area contributed by atoms with Gasteiger partial charge in [-0.1, -0.05) is 170 Å². The van der Waals surface area contributed by atoms with Crippen LogP contribution < -0.4 is 4.90 Å². The van der Waals surface area contributed by atoms with E-state index in [0.717, 1.165) is 22.7 Å². The first-order valence-corrected chi connectivity index (χ1v) is 22.2. The van der Waals surface area contributed by atoms with E-state index in [2.05, 4.69) is 240 Å². The molecule has 0 N–H and O–H groups in total. The van der Waals surface area contributed by atoms with Crippen molar-refractivity contribution in [2.75, 3.05) is 4.90 Å². The number of anilines is 3. The molecule has 0 spiro atoms. The van der Waals surface area contributed by atoms with Crippen molar-refractivity contribution in [1.82, 2.24) is 4.57 Å². The van der Waals surface area contributed by atoms with E-state index in [9.17, 15) is 0 Å². The lowest BCUT2D eigenvalue weighted by atomic mass is 9.87. The van der Waals surface area contributed by atoms with Gasteiger partial charge in [-0.2, -0.15) is 0 Å². The summed E-state index contributed by atoms with van der Waals surface area (Å²) in [6, 6.07) is 85.6. The van der Waals surface area contributed by atoms with Crippen LogP contribution in [-0.2, 0) is 0 Å². The van der Waals surface area contributed by atoms with Gasteiger partial charge in [-0.25, -0.2) is 0 Å². The molecule has 14 aromatic rings. The average Bonchev–Trinajstić information content (AvgIpc) is 3.69. The van der Waals surface area contributed by atoms with Gasteiger partial charge in [0.2, 0.25) is 0 Å². The number of aromatic nitrogens is 1. The molecule has 64 heavy (non-hydrogen) atoms. The Morgan fingerprint density at radius 3 is 1.47 bits per heavy atom. The smallest absolute Gasteiger partial charge is 0.0547 e. The lowest BCUT2D eigenvalue weighted by molar-refractivity contribution is 1.18. The first-order valence-electron chi connectivity index (χ1n) is 22.2.